The molecule has 0 aromatic carbocycles. The van der Waals surface area contributed by atoms with Gasteiger partial charge in [-0.05, 0) is 12.8 Å². The topological polar surface area (TPSA) is 131 Å². The van der Waals surface area contributed by atoms with E-state index in [1.807, 2.05) is 19.2 Å². The quantitative estimate of drug-likeness (QED) is 0.526. The Bertz CT molecular complexity index is 1210. The normalized spacial score (nSPS) is 22.7. The summed E-state index contributed by atoms with van der Waals surface area (Å²) < 4.78 is 13.0. The SMILES string of the molecule is CNc1cc2nc3c1ncn3C(=O)N[C@@H]1CC[C@H]1OCc1cc(nc(N3CCOCC3)n1)N2. The van der Waals surface area contributed by atoms with Gasteiger partial charge in [0.25, 0.3) is 0 Å². The number of amides is 1. The number of rotatable bonds is 2. The number of ether oxygens (including phenoxy) is 2. The molecule has 33 heavy (non-hydrogen) atoms. The van der Waals surface area contributed by atoms with E-state index in [1.165, 1.54) is 10.9 Å². The molecule has 3 aromatic rings. The maximum Gasteiger partial charge on any atom is 0.328 e. The number of anilines is 4. The maximum atomic E-state index is 13.0. The molecule has 12 nitrogen and oxygen atoms in total. The van der Waals surface area contributed by atoms with Crippen molar-refractivity contribution in [1.29, 1.82) is 0 Å². The summed E-state index contributed by atoms with van der Waals surface area (Å²) >= 11 is 0. The van der Waals surface area contributed by atoms with Gasteiger partial charge in [-0.2, -0.15) is 4.98 Å². The van der Waals surface area contributed by atoms with Crippen LogP contribution in [-0.4, -0.2) is 76.0 Å². The first-order valence-electron chi connectivity index (χ1n) is 11.1. The summed E-state index contributed by atoms with van der Waals surface area (Å²) in [4.78, 5) is 33.6. The van der Waals surface area contributed by atoms with Crippen LogP contribution in [0.15, 0.2) is 18.5 Å². The number of hydrogen-bond donors (Lipinski definition) is 3. The summed E-state index contributed by atoms with van der Waals surface area (Å²) in [6, 6.07) is 3.38. The number of carbonyl (C=O) groups excluding carboxylic acids is 1. The molecular formula is C21H25N9O3. The molecule has 2 aliphatic heterocycles. The third kappa shape index (κ3) is 3.70. The van der Waals surface area contributed by atoms with E-state index < -0.39 is 0 Å². The molecule has 4 bridgehead atoms. The number of morpholine rings is 1. The van der Waals surface area contributed by atoms with Crippen LogP contribution in [0.1, 0.15) is 18.5 Å². The van der Waals surface area contributed by atoms with E-state index in [-0.39, 0.29) is 18.2 Å². The minimum absolute atomic E-state index is 0.0667. The predicted octanol–water partition coefficient (Wildman–Crippen LogP) is 1.46. The van der Waals surface area contributed by atoms with Crippen molar-refractivity contribution in [2.24, 2.45) is 0 Å². The molecule has 1 amide bonds. The van der Waals surface area contributed by atoms with Gasteiger partial charge in [-0.3, -0.25) is 0 Å². The Kier molecular flexibility index (Phi) is 4.95. The van der Waals surface area contributed by atoms with Crippen LogP contribution in [-0.2, 0) is 16.1 Å². The van der Waals surface area contributed by atoms with Crippen LogP contribution in [0.2, 0.25) is 0 Å². The van der Waals surface area contributed by atoms with E-state index in [4.69, 9.17) is 19.4 Å². The molecule has 1 aliphatic carbocycles. The van der Waals surface area contributed by atoms with E-state index in [2.05, 4.69) is 30.8 Å². The minimum atomic E-state index is -0.274. The molecule has 3 N–H and O–H groups in total. The highest BCUT2D eigenvalue weighted by Gasteiger charge is 2.34. The molecule has 12 heteroatoms. The lowest BCUT2D eigenvalue weighted by atomic mass is 9.89. The molecule has 0 radical (unpaired) electrons. The summed E-state index contributed by atoms with van der Waals surface area (Å²) in [7, 11) is 1.81. The Hall–Kier alpha value is -3.51. The first kappa shape index (κ1) is 20.1. The Balaban J connectivity index is 1.45. The van der Waals surface area contributed by atoms with E-state index in [0.29, 0.717) is 48.6 Å². The van der Waals surface area contributed by atoms with Gasteiger partial charge >= 0.3 is 6.03 Å². The number of aromatic nitrogens is 5. The lowest BCUT2D eigenvalue weighted by Crippen LogP contribution is -2.52. The van der Waals surface area contributed by atoms with Crippen molar-refractivity contribution in [2.45, 2.75) is 31.6 Å². The van der Waals surface area contributed by atoms with Crippen molar-refractivity contribution in [3.05, 3.63) is 24.2 Å². The van der Waals surface area contributed by atoms with Crippen LogP contribution < -0.4 is 20.9 Å². The summed E-state index contributed by atoms with van der Waals surface area (Å²) in [6.45, 7) is 3.08. The highest BCUT2D eigenvalue weighted by Crippen LogP contribution is 2.29. The van der Waals surface area contributed by atoms with Gasteiger partial charge in [-0.25, -0.2) is 24.3 Å². The number of nitrogens with zero attached hydrogens (tertiary/aromatic N) is 6. The van der Waals surface area contributed by atoms with Crippen molar-refractivity contribution < 1.29 is 14.3 Å². The van der Waals surface area contributed by atoms with Crippen molar-refractivity contribution in [1.82, 2.24) is 29.8 Å². The number of pyridine rings is 1. The smallest absolute Gasteiger partial charge is 0.328 e. The van der Waals surface area contributed by atoms with E-state index in [1.54, 1.807) is 0 Å². The van der Waals surface area contributed by atoms with Crippen molar-refractivity contribution in [3.8, 4) is 0 Å². The predicted molar refractivity (Wildman–Crippen MR) is 121 cm³/mol. The second kappa shape index (κ2) is 8.12. The standard InChI is InChI=1S/C21H25N9O3/c1-22-14-9-17-26-16-8-12(24-20(28-16)29-4-6-32-7-5-29)10-33-15-3-2-13(15)25-21(31)30-11-23-18(14)19(30)27-17/h8-9,11,13,15H,2-7,10H2,1H3,(H,25,31)(H2,22,24,26,27,28)/t13-,15-/m1/s1. The highest BCUT2D eigenvalue weighted by atomic mass is 16.5. The second-order valence-electron chi connectivity index (χ2n) is 8.34. The molecule has 1 saturated carbocycles. The second-order valence-corrected chi connectivity index (χ2v) is 8.34. The van der Waals surface area contributed by atoms with Gasteiger partial charge in [-0.15, -0.1) is 0 Å². The zero-order valence-electron chi connectivity index (χ0n) is 18.2. The van der Waals surface area contributed by atoms with Gasteiger partial charge in [-0.1, -0.05) is 0 Å². The third-order valence-corrected chi connectivity index (χ3v) is 6.28. The molecule has 2 atom stereocenters. The third-order valence-electron chi connectivity index (χ3n) is 6.28. The van der Waals surface area contributed by atoms with E-state index >= 15 is 0 Å². The summed E-state index contributed by atoms with van der Waals surface area (Å²) in [6.07, 6.45) is 3.17. The Morgan fingerprint density at radius 1 is 1.12 bits per heavy atom. The molecule has 172 valence electrons. The van der Waals surface area contributed by atoms with Gasteiger partial charge in [0.05, 0.1) is 43.3 Å². The van der Waals surface area contributed by atoms with Crippen LogP contribution in [0.25, 0.3) is 11.2 Å². The molecule has 2 fully saturated rings. The van der Waals surface area contributed by atoms with Crippen LogP contribution >= 0.6 is 0 Å². The summed E-state index contributed by atoms with van der Waals surface area (Å²) in [5, 5.41) is 9.48. The molecule has 5 heterocycles. The van der Waals surface area contributed by atoms with Gasteiger partial charge in [0.2, 0.25) is 5.95 Å². The molecule has 1 saturated heterocycles. The summed E-state index contributed by atoms with van der Waals surface area (Å²) in [5.74, 6) is 1.78. The van der Waals surface area contributed by atoms with Gasteiger partial charge < -0.3 is 30.3 Å². The minimum Gasteiger partial charge on any atom is -0.386 e. The molecule has 3 aliphatic rings. The molecule has 0 spiro atoms. The molecule has 3 aromatic heterocycles. The molecule has 6 rings (SSSR count). The number of hydrogen-bond acceptors (Lipinski definition) is 10. The van der Waals surface area contributed by atoms with Gasteiger partial charge in [0.15, 0.2) is 5.65 Å². The monoisotopic (exact) mass is 451 g/mol. The van der Waals surface area contributed by atoms with Gasteiger partial charge in [0, 0.05) is 32.3 Å². The fourth-order valence-electron chi connectivity index (χ4n) is 4.31. The van der Waals surface area contributed by atoms with Crippen LogP contribution in [0, 0.1) is 0 Å². The lowest BCUT2D eigenvalue weighted by molar-refractivity contribution is -0.0335. The average molecular weight is 451 g/mol. The number of carbonyl (C=O) groups is 1. The Morgan fingerprint density at radius 3 is 2.76 bits per heavy atom. The van der Waals surface area contributed by atoms with Crippen LogP contribution in [0.4, 0.5) is 28.1 Å². The molecule has 0 unspecified atom stereocenters. The first-order chi connectivity index (χ1) is 16.2. The zero-order chi connectivity index (χ0) is 22.4. The average Bonchev–Trinajstić information content (AvgIpc) is 3.25. The van der Waals surface area contributed by atoms with Crippen molar-refractivity contribution >= 4 is 40.5 Å². The molecular weight excluding hydrogens is 426 g/mol. The first-order valence-corrected chi connectivity index (χ1v) is 11.1. The number of nitrogens with one attached hydrogen (secondary N) is 3. The Morgan fingerprint density at radius 2 is 1.97 bits per heavy atom. The van der Waals surface area contributed by atoms with E-state index in [0.717, 1.165) is 37.3 Å². The van der Waals surface area contributed by atoms with Crippen molar-refractivity contribution in [2.75, 3.05) is 48.9 Å². The fourth-order valence-corrected chi connectivity index (χ4v) is 4.31. The fraction of sp³-hybridized carbons (Fsp3) is 0.476. The number of imidazole rings is 1. The Labute approximate surface area is 189 Å². The number of fused-ring (bicyclic) bond motifs is 4. The van der Waals surface area contributed by atoms with Crippen LogP contribution in [0.5, 0.6) is 0 Å². The van der Waals surface area contributed by atoms with Gasteiger partial charge in [0.1, 0.15) is 23.5 Å². The largest absolute Gasteiger partial charge is 0.386 e. The highest BCUT2D eigenvalue weighted by molar-refractivity contribution is 5.94. The van der Waals surface area contributed by atoms with E-state index in [9.17, 15) is 4.79 Å². The zero-order valence-corrected chi connectivity index (χ0v) is 18.2. The maximum absolute atomic E-state index is 13.0. The van der Waals surface area contributed by atoms with Crippen molar-refractivity contribution in [3.63, 3.8) is 0 Å². The van der Waals surface area contributed by atoms with Crippen LogP contribution in [0.3, 0.4) is 0 Å². The lowest BCUT2D eigenvalue weighted by Gasteiger charge is -2.36. The summed E-state index contributed by atoms with van der Waals surface area (Å²) in [5.41, 5.74) is 2.60.